The van der Waals surface area contributed by atoms with E-state index in [1.54, 1.807) is 29.8 Å². The lowest BCUT2D eigenvalue weighted by molar-refractivity contribution is -0.111. The zero-order valence-corrected chi connectivity index (χ0v) is 19.4. The highest BCUT2D eigenvalue weighted by Crippen LogP contribution is 2.38. The molecule has 0 fully saturated rings. The third-order valence-electron chi connectivity index (χ3n) is 5.22. The average Bonchev–Trinajstić information content (AvgIpc) is 3.45. The van der Waals surface area contributed by atoms with Crippen molar-refractivity contribution in [3.8, 4) is 6.07 Å². The molecule has 0 saturated heterocycles. The molecule has 0 saturated carbocycles. The number of aromatic nitrogens is 1. The molecule has 2 N–H and O–H groups in total. The van der Waals surface area contributed by atoms with Gasteiger partial charge in [0.1, 0.15) is 17.2 Å². The lowest BCUT2D eigenvalue weighted by Gasteiger charge is -2.22. The number of fused-ring (bicyclic) bond motifs is 1. The molecule has 3 aromatic heterocycles. The van der Waals surface area contributed by atoms with Crippen molar-refractivity contribution < 1.29 is 14.3 Å². The maximum absolute atomic E-state index is 12.3. The Bertz CT molecular complexity index is 1180. The largest absolute Gasteiger partial charge is 0.446 e. The van der Waals surface area contributed by atoms with Gasteiger partial charge in [0.15, 0.2) is 0 Å². The van der Waals surface area contributed by atoms with E-state index in [4.69, 9.17) is 4.74 Å². The predicted molar refractivity (Wildman–Crippen MR) is 129 cm³/mol. The van der Waals surface area contributed by atoms with Gasteiger partial charge in [-0.2, -0.15) is 16.6 Å². The van der Waals surface area contributed by atoms with Gasteiger partial charge in [-0.15, -0.1) is 11.3 Å². The van der Waals surface area contributed by atoms with E-state index in [0.29, 0.717) is 42.8 Å². The number of thiophene rings is 2. The molecular formula is C24H22N4O3S2. The standard InChI is InChI=1S/C24H22N4O3S2/c25-13-20-19-5-4-18(31-24(30)27-10-7-16-2-1-9-26-14-16)12-21(19)33-23(20)28-22(29)6-3-17-8-11-32-15-17/h1-3,6,8-9,11,14-15,18H,4-5,7,10,12H2,(H,27,30)(H,28,29). The normalized spacial score (nSPS) is 14.9. The van der Waals surface area contributed by atoms with E-state index in [2.05, 4.69) is 21.7 Å². The van der Waals surface area contributed by atoms with Crippen LogP contribution < -0.4 is 10.6 Å². The number of nitriles is 1. The SMILES string of the molecule is N#Cc1c(NC(=O)C=Cc2ccsc2)sc2c1CCC(OC(=O)NCCc1cccnc1)C2. The van der Waals surface area contributed by atoms with Crippen LogP contribution in [0.3, 0.4) is 0 Å². The molecule has 4 rings (SSSR count). The first-order valence-electron chi connectivity index (χ1n) is 10.5. The summed E-state index contributed by atoms with van der Waals surface area (Å²) in [6, 6.07) is 7.97. The third kappa shape index (κ3) is 6.06. The molecule has 7 nitrogen and oxygen atoms in total. The van der Waals surface area contributed by atoms with E-state index in [0.717, 1.165) is 21.6 Å². The zero-order chi connectivity index (χ0) is 23.0. The maximum atomic E-state index is 12.3. The van der Waals surface area contributed by atoms with E-state index in [9.17, 15) is 14.9 Å². The molecule has 1 atom stereocenters. The van der Waals surface area contributed by atoms with E-state index in [1.807, 2.05) is 29.0 Å². The van der Waals surface area contributed by atoms with Crippen molar-refractivity contribution in [2.45, 2.75) is 31.8 Å². The van der Waals surface area contributed by atoms with Crippen LogP contribution in [0.15, 0.2) is 47.4 Å². The molecule has 0 aliphatic heterocycles. The van der Waals surface area contributed by atoms with Crippen LogP contribution in [0.1, 0.15) is 33.6 Å². The molecule has 1 aliphatic carbocycles. The summed E-state index contributed by atoms with van der Waals surface area (Å²) < 4.78 is 5.59. The molecule has 1 aliphatic rings. The second kappa shape index (κ2) is 10.9. The van der Waals surface area contributed by atoms with Crippen molar-refractivity contribution in [2.24, 2.45) is 0 Å². The lowest BCUT2D eigenvalue weighted by Crippen LogP contribution is -2.33. The van der Waals surface area contributed by atoms with Crippen LogP contribution in [-0.4, -0.2) is 29.6 Å². The fraction of sp³-hybridized carbons (Fsp3) is 0.250. The predicted octanol–water partition coefficient (Wildman–Crippen LogP) is 4.55. The van der Waals surface area contributed by atoms with Gasteiger partial charge in [-0.3, -0.25) is 9.78 Å². The van der Waals surface area contributed by atoms with Crippen molar-refractivity contribution in [1.29, 1.82) is 5.26 Å². The van der Waals surface area contributed by atoms with Crippen LogP contribution in [0.2, 0.25) is 0 Å². The van der Waals surface area contributed by atoms with Crippen LogP contribution >= 0.6 is 22.7 Å². The molecule has 3 heterocycles. The Morgan fingerprint density at radius 1 is 1.36 bits per heavy atom. The average molecular weight is 479 g/mol. The van der Waals surface area contributed by atoms with Crippen LogP contribution in [-0.2, 0) is 28.8 Å². The Kier molecular flexibility index (Phi) is 7.50. The van der Waals surface area contributed by atoms with Gasteiger partial charge >= 0.3 is 6.09 Å². The van der Waals surface area contributed by atoms with Gasteiger partial charge in [-0.25, -0.2) is 4.79 Å². The molecule has 0 spiro atoms. The van der Waals surface area contributed by atoms with Crippen molar-refractivity contribution in [3.05, 3.63) is 74.6 Å². The van der Waals surface area contributed by atoms with Crippen LogP contribution in [0.25, 0.3) is 6.08 Å². The number of carbonyl (C=O) groups excluding carboxylic acids is 2. The van der Waals surface area contributed by atoms with Crippen molar-refractivity contribution in [3.63, 3.8) is 0 Å². The van der Waals surface area contributed by atoms with Crippen molar-refractivity contribution in [2.75, 3.05) is 11.9 Å². The minimum absolute atomic E-state index is 0.261. The zero-order valence-electron chi connectivity index (χ0n) is 17.7. The number of nitrogens with one attached hydrogen (secondary N) is 2. The Labute approximate surface area is 199 Å². The summed E-state index contributed by atoms with van der Waals surface area (Å²) in [6.45, 7) is 0.467. The highest BCUT2D eigenvalue weighted by atomic mass is 32.1. The monoisotopic (exact) mass is 478 g/mol. The fourth-order valence-corrected chi connectivity index (χ4v) is 5.50. The molecular weight excluding hydrogens is 456 g/mol. The molecule has 3 aromatic rings. The summed E-state index contributed by atoms with van der Waals surface area (Å²) >= 11 is 2.94. The number of carbonyl (C=O) groups is 2. The highest BCUT2D eigenvalue weighted by molar-refractivity contribution is 7.16. The third-order valence-corrected chi connectivity index (χ3v) is 7.09. The topological polar surface area (TPSA) is 104 Å². The van der Waals surface area contributed by atoms with Gasteiger partial charge in [0, 0.05) is 36.3 Å². The van der Waals surface area contributed by atoms with Gasteiger partial charge in [0.25, 0.3) is 0 Å². The second-order valence-electron chi connectivity index (χ2n) is 7.51. The summed E-state index contributed by atoms with van der Waals surface area (Å²) in [5, 5.41) is 19.7. The Morgan fingerprint density at radius 2 is 2.27 bits per heavy atom. The van der Waals surface area contributed by atoms with Crippen molar-refractivity contribution in [1.82, 2.24) is 10.3 Å². The Hall–Kier alpha value is -3.48. The van der Waals surface area contributed by atoms with Gasteiger partial charge < -0.3 is 15.4 Å². The molecule has 1 unspecified atom stereocenters. The van der Waals surface area contributed by atoms with E-state index in [1.165, 1.54) is 17.4 Å². The number of alkyl carbamates (subject to hydrolysis) is 1. The number of rotatable bonds is 7. The molecule has 2 amide bonds. The number of nitrogens with zero attached hydrogens (tertiary/aromatic N) is 2. The minimum Gasteiger partial charge on any atom is -0.446 e. The molecule has 0 aromatic carbocycles. The number of pyridine rings is 1. The maximum Gasteiger partial charge on any atom is 0.407 e. The van der Waals surface area contributed by atoms with Gasteiger partial charge in [0.05, 0.1) is 5.56 Å². The summed E-state index contributed by atoms with van der Waals surface area (Å²) in [6.07, 6.45) is 8.45. The van der Waals surface area contributed by atoms with Crippen LogP contribution in [0, 0.1) is 11.3 Å². The summed E-state index contributed by atoms with van der Waals surface area (Å²) in [4.78, 5) is 29.6. The van der Waals surface area contributed by atoms with Crippen LogP contribution in [0.5, 0.6) is 0 Å². The molecule has 0 radical (unpaired) electrons. The quantitative estimate of drug-likeness (QED) is 0.485. The first-order chi connectivity index (χ1) is 16.1. The number of hydrogen-bond donors (Lipinski definition) is 2. The van der Waals surface area contributed by atoms with E-state index >= 15 is 0 Å². The minimum atomic E-state index is -0.448. The number of amides is 2. The van der Waals surface area contributed by atoms with Gasteiger partial charge in [0.2, 0.25) is 5.91 Å². The highest BCUT2D eigenvalue weighted by Gasteiger charge is 2.28. The Balaban J connectivity index is 1.31. The Morgan fingerprint density at radius 3 is 3.03 bits per heavy atom. The van der Waals surface area contributed by atoms with Crippen LogP contribution in [0.4, 0.5) is 9.80 Å². The first-order valence-corrected chi connectivity index (χ1v) is 12.3. The molecule has 168 valence electrons. The van der Waals surface area contributed by atoms with E-state index < -0.39 is 6.09 Å². The first kappa shape index (κ1) is 22.7. The second-order valence-corrected chi connectivity index (χ2v) is 9.39. The summed E-state index contributed by atoms with van der Waals surface area (Å²) in [5.74, 6) is -0.280. The van der Waals surface area contributed by atoms with Crippen molar-refractivity contribution >= 4 is 45.8 Å². The fourth-order valence-electron chi connectivity index (χ4n) is 3.61. The van der Waals surface area contributed by atoms with Gasteiger partial charge in [-0.05, 0) is 64.9 Å². The number of ether oxygens (including phenoxy) is 1. The smallest absolute Gasteiger partial charge is 0.407 e. The summed E-state index contributed by atoms with van der Waals surface area (Å²) in [7, 11) is 0. The number of hydrogen-bond acceptors (Lipinski definition) is 7. The molecule has 33 heavy (non-hydrogen) atoms. The van der Waals surface area contributed by atoms with E-state index in [-0.39, 0.29) is 12.0 Å². The molecule has 9 heteroatoms. The summed E-state index contributed by atoms with van der Waals surface area (Å²) in [5.41, 5.74) is 3.45. The molecule has 0 bridgehead atoms. The lowest BCUT2D eigenvalue weighted by atomic mass is 9.94. The van der Waals surface area contributed by atoms with Gasteiger partial charge in [-0.1, -0.05) is 6.07 Å². The number of anilines is 1.